The molecular weight excluding hydrogens is 396 g/mol. The van der Waals surface area contributed by atoms with Crippen LogP contribution in [0.15, 0.2) is 24.3 Å². The maximum atomic E-state index is 12.5. The standard InChI is InChI=1S/C24H33ClN4O/c1-4-6-7-8-23(30)28-13-15-29(16-14-28)24-21(22(5-2)26-18(3)27-24)17-19-9-11-20(25)12-10-19/h9-12H,4-8,13-17H2,1-3H3. The van der Waals surface area contributed by atoms with Crippen LogP contribution in [-0.2, 0) is 17.6 Å². The van der Waals surface area contributed by atoms with E-state index in [2.05, 4.69) is 30.9 Å². The van der Waals surface area contributed by atoms with Gasteiger partial charge >= 0.3 is 0 Å². The van der Waals surface area contributed by atoms with Gasteiger partial charge in [-0.3, -0.25) is 4.79 Å². The van der Waals surface area contributed by atoms with Crippen LogP contribution >= 0.6 is 11.6 Å². The number of hydrogen-bond donors (Lipinski definition) is 0. The quantitative estimate of drug-likeness (QED) is 0.565. The number of halogens is 1. The van der Waals surface area contributed by atoms with E-state index in [1.165, 1.54) is 11.1 Å². The van der Waals surface area contributed by atoms with Crippen LogP contribution in [0.4, 0.5) is 5.82 Å². The van der Waals surface area contributed by atoms with Gasteiger partial charge in [0.25, 0.3) is 0 Å². The highest BCUT2D eigenvalue weighted by Gasteiger charge is 2.25. The molecule has 162 valence electrons. The number of piperazine rings is 1. The molecule has 1 aliphatic rings. The summed E-state index contributed by atoms with van der Waals surface area (Å²) < 4.78 is 0. The van der Waals surface area contributed by atoms with E-state index < -0.39 is 0 Å². The summed E-state index contributed by atoms with van der Waals surface area (Å²) in [5.41, 5.74) is 3.49. The minimum absolute atomic E-state index is 0.289. The molecule has 2 aromatic rings. The topological polar surface area (TPSA) is 49.3 Å². The number of benzene rings is 1. The van der Waals surface area contributed by atoms with E-state index >= 15 is 0 Å². The van der Waals surface area contributed by atoms with E-state index in [-0.39, 0.29) is 5.91 Å². The van der Waals surface area contributed by atoms with Crippen LogP contribution in [0.3, 0.4) is 0 Å². The SMILES string of the molecule is CCCCCC(=O)N1CCN(c2nc(C)nc(CC)c2Cc2ccc(Cl)cc2)CC1. The molecule has 1 aromatic carbocycles. The number of amides is 1. The number of hydrogen-bond acceptors (Lipinski definition) is 4. The van der Waals surface area contributed by atoms with Gasteiger partial charge in [0.1, 0.15) is 11.6 Å². The van der Waals surface area contributed by atoms with Gasteiger partial charge in [0.2, 0.25) is 5.91 Å². The van der Waals surface area contributed by atoms with Crippen molar-refractivity contribution >= 4 is 23.3 Å². The van der Waals surface area contributed by atoms with Crippen molar-refractivity contribution in [2.75, 3.05) is 31.1 Å². The molecule has 1 fully saturated rings. The summed E-state index contributed by atoms with van der Waals surface area (Å²) in [7, 11) is 0. The molecule has 1 aliphatic heterocycles. The van der Waals surface area contributed by atoms with Gasteiger partial charge in [0.15, 0.2) is 0 Å². The predicted octanol–water partition coefficient (Wildman–Crippen LogP) is 4.82. The Balaban J connectivity index is 1.76. The number of carbonyl (C=O) groups is 1. The molecular formula is C24H33ClN4O. The van der Waals surface area contributed by atoms with Crippen LogP contribution in [0.1, 0.15) is 62.2 Å². The van der Waals surface area contributed by atoms with Crippen molar-refractivity contribution in [1.82, 2.24) is 14.9 Å². The van der Waals surface area contributed by atoms with Crippen molar-refractivity contribution in [3.63, 3.8) is 0 Å². The Morgan fingerprint density at radius 1 is 1.03 bits per heavy atom. The molecule has 0 bridgehead atoms. The van der Waals surface area contributed by atoms with Gasteiger partial charge in [-0.2, -0.15) is 0 Å². The molecule has 0 N–H and O–H groups in total. The third-order valence-corrected chi connectivity index (χ3v) is 5.99. The number of rotatable bonds is 8. The number of aryl methyl sites for hydroxylation is 2. The van der Waals surface area contributed by atoms with Gasteiger partial charge in [0.05, 0.1) is 0 Å². The molecule has 30 heavy (non-hydrogen) atoms. The highest BCUT2D eigenvalue weighted by Crippen LogP contribution is 2.26. The monoisotopic (exact) mass is 428 g/mol. The van der Waals surface area contributed by atoms with Crippen molar-refractivity contribution in [3.05, 3.63) is 51.9 Å². The molecule has 1 amide bonds. The first-order chi connectivity index (χ1) is 14.5. The van der Waals surface area contributed by atoms with Gasteiger partial charge in [-0.25, -0.2) is 9.97 Å². The molecule has 0 atom stereocenters. The Bertz CT molecular complexity index is 845. The smallest absolute Gasteiger partial charge is 0.222 e. The second-order valence-electron chi connectivity index (χ2n) is 8.00. The maximum Gasteiger partial charge on any atom is 0.222 e. The van der Waals surface area contributed by atoms with Crippen LogP contribution in [-0.4, -0.2) is 47.0 Å². The normalized spacial score (nSPS) is 14.3. The van der Waals surface area contributed by atoms with E-state index in [0.29, 0.717) is 6.42 Å². The number of carbonyl (C=O) groups excluding carboxylic acids is 1. The predicted molar refractivity (Wildman–Crippen MR) is 123 cm³/mol. The van der Waals surface area contributed by atoms with Crippen molar-refractivity contribution in [2.24, 2.45) is 0 Å². The molecule has 1 aromatic heterocycles. The van der Waals surface area contributed by atoms with Crippen molar-refractivity contribution in [2.45, 2.75) is 59.3 Å². The zero-order valence-corrected chi connectivity index (χ0v) is 19.2. The number of unbranched alkanes of at least 4 members (excludes halogenated alkanes) is 2. The number of anilines is 1. The Kier molecular flexibility index (Phi) is 8.08. The molecule has 6 heteroatoms. The zero-order valence-electron chi connectivity index (χ0n) is 18.5. The zero-order chi connectivity index (χ0) is 21.5. The average Bonchev–Trinajstić information content (AvgIpc) is 2.76. The number of nitrogens with zero attached hydrogens (tertiary/aromatic N) is 4. The van der Waals surface area contributed by atoms with E-state index in [1.807, 2.05) is 24.0 Å². The Labute approximate surface area is 185 Å². The average molecular weight is 429 g/mol. The van der Waals surface area contributed by atoms with Gasteiger partial charge in [-0.15, -0.1) is 0 Å². The largest absolute Gasteiger partial charge is 0.353 e. The van der Waals surface area contributed by atoms with Crippen molar-refractivity contribution in [3.8, 4) is 0 Å². The molecule has 5 nitrogen and oxygen atoms in total. The summed E-state index contributed by atoms with van der Waals surface area (Å²) in [5.74, 6) is 2.12. The summed E-state index contributed by atoms with van der Waals surface area (Å²) in [4.78, 5) is 26.4. The van der Waals surface area contributed by atoms with E-state index in [1.54, 1.807) is 0 Å². The van der Waals surface area contributed by atoms with Gasteiger partial charge < -0.3 is 9.80 Å². The first-order valence-corrected chi connectivity index (χ1v) is 11.5. The minimum atomic E-state index is 0.289. The first kappa shape index (κ1) is 22.5. The highest BCUT2D eigenvalue weighted by atomic mass is 35.5. The lowest BCUT2D eigenvalue weighted by Gasteiger charge is -2.36. The van der Waals surface area contributed by atoms with Gasteiger partial charge in [-0.1, -0.05) is 50.4 Å². The van der Waals surface area contributed by atoms with Gasteiger partial charge in [-0.05, 0) is 37.5 Å². The summed E-state index contributed by atoms with van der Waals surface area (Å²) in [6.45, 7) is 9.41. The second kappa shape index (κ2) is 10.8. The Hall–Kier alpha value is -2.14. The van der Waals surface area contributed by atoms with Crippen molar-refractivity contribution < 1.29 is 4.79 Å². The van der Waals surface area contributed by atoms with Crippen LogP contribution in [0, 0.1) is 6.92 Å². The fourth-order valence-corrected chi connectivity index (χ4v) is 4.16. The Morgan fingerprint density at radius 2 is 1.73 bits per heavy atom. The van der Waals surface area contributed by atoms with E-state index in [4.69, 9.17) is 21.6 Å². The summed E-state index contributed by atoms with van der Waals surface area (Å²) in [6, 6.07) is 8.00. The molecule has 0 unspecified atom stereocenters. The van der Waals surface area contributed by atoms with Crippen LogP contribution in [0.25, 0.3) is 0 Å². The fraction of sp³-hybridized carbons (Fsp3) is 0.542. The minimum Gasteiger partial charge on any atom is -0.353 e. The first-order valence-electron chi connectivity index (χ1n) is 11.1. The third kappa shape index (κ3) is 5.72. The van der Waals surface area contributed by atoms with Crippen molar-refractivity contribution in [1.29, 1.82) is 0 Å². The number of aromatic nitrogens is 2. The summed E-state index contributed by atoms with van der Waals surface area (Å²) in [5, 5.41) is 0.745. The lowest BCUT2D eigenvalue weighted by atomic mass is 10.0. The Morgan fingerprint density at radius 3 is 2.37 bits per heavy atom. The third-order valence-electron chi connectivity index (χ3n) is 5.74. The molecule has 0 aliphatic carbocycles. The van der Waals surface area contributed by atoms with Crippen LogP contribution in [0.5, 0.6) is 0 Å². The lowest BCUT2D eigenvalue weighted by Crippen LogP contribution is -2.49. The molecule has 2 heterocycles. The molecule has 1 saturated heterocycles. The molecule has 0 spiro atoms. The van der Waals surface area contributed by atoms with E-state index in [9.17, 15) is 4.79 Å². The van der Waals surface area contributed by atoms with E-state index in [0.717, 1.165) is 80.6 Å². The highest BCUT2D eigenvalue weighted by molar-refractivity contribution is 6.30. The molecule has 3 rings (SSSR count). The van der Waals surface area contributed by atoms with Crippen LogP contribution in [0.2, 0.25) is 5.02 Å². The lowest BCUT2D eigenvalue weighted by molar-refractivity contribution is -0.131. The molecule has 0 saturated carbocycles. The van der Waals surface area contributed by atoms with Gasteiger partial charge in [0, 0.05) is 55.3 Å². The second-order valence-corrected chi connectivity index (χ2v) is 8.44. The summed E-state index contributed by atoms with van der Waals surface area (Å²) in [6.07, 6.45) is 5.58. The molecule has 0 radical (unpaired) electrons. The maximum absolute atomic E-state index is 12.5. The summed E-state index contributed by atoms with van der Waals surface area (Å²) >= 11 is 6.06. The fourth-order valence-electron chi connectivity index (χ4n) is 4.03. The van der Waals surface area contributed by atoms with Crippen LogP contribution < -0.4 is 4.90 Å².